The number of aromatic amines is 1. The molecule has 1 aliphatic rings. The van der Waals surface area contributed by atoms with E-state index in [0.29, 0.717) is 11.3 Å². The second kappa shape index (κ2) is 6.25. The molecule has 1 aromatic heterocycles. The van der Waals surface area contributed by atoms with Crippen LogP contribution < -0.4 is 16.0 Å². The maximum Gasteiger partial charge on any atom is 0.252 e. The highest BCUT2D eigenvalue weighted by Crippen LogP contribution is 2.44. The molecule has 0 saturated heterocycles. The van der Waals surface area contributed by atoms with Gasteiger partial charge in [0, 0.05) is 22.0 Å². The molecular formula is C24H17N3O2. The Morgan fingerprint density at radius 2 is 1.83 bits per heavy atom. The highest BCUT2D eigenvalue weighted by atomic mass is 16.5. The van der Waals surface area contributed by atoms with Gasteiger partial charge in [0.1, 0.15) is 17.4 Å². The molecule has 5 nitrogen and oxygen atoms in total. The molecule has 5 rings (SSSR count). The zero-order valence-corrected chi connectivity index (χ0v) is 15.7. The largest absolute Gasteiger partial charge is 0.440 e. The van der Waals surface area contributed by atoms with E-state index in [1.165, 1.54) is 0 Å². The van der Waals surface area contributed by atoms with Crippen LogP contribution in [0.15, 0.2) is 76.9 Å². The van der Waals surface area contributed by atoms with Gasteiger partial charge in [-0.25, -0.2) is 0 Å². The van der Waals surface area contributed by atoms with E-state index in [4.69, 9.17) is 10.5 Å². The van der Waals surface area contributed by atoms with Gasteiger partial charge in [-0.1, -0.05) is 48.5 Å². The minimum atomic E-state index is -0.595. The number of allylic oxidation sites excluding steroid dienone is 1. The standard InChI is InChI=1S/C24H17N3O2/c1-13-6-7-15-11-18(24(28)27-20(15)10-13)21-17-9-8-14-4-2-3-5-16(14)22(17)29-23(26)19(21)12-25/h2-11,21H,26H2,1H3,(H,27,28)/t21-/m1/s1. The Bertz CT molecular complexity index is 1440. The van der Waals surface area contributed by atoms with E-state index in [-0.39, 0.29) is 17.0 Å². The van der Waals surface area contributed by atoms with Gasteiger partial charge >= 0.3 is 0 Å². The van der Waals surface area contributed by atoms with Gasteiger partial charge in [0.05, 0.1) is 5.92 Å². The van der Waals surface area contributed by atoms with Crippen molar-refractivity contribution in [2.75, 3.05) is 0 Å². The molecule has 140 valence electrons. The van der Waals surface area contributed by atoms with Crippen LogP contribution in [-0.4, -0.2) is 4.98 Å². The van der Waals surface area contributed by atoms with Gasteiger partial charge < -0.3 is 15.5 Å². The summed E-state index contributed by atoms with van der Waals surface area (Å²) in [4.78, 5) is 16.0. The zero-order chi connectivity index (χ0) is 20.1. The Balaban J connectivity index is 1.83. The molecule has 0 aliphatic carbocycles. The smallest absolute Gasteiger partial charge is 0.252 e. The molecule has 0 fully saturated rings. The summed E-state index contributed by atoms with van der Waals surface area (Å²) in [6.45, 7) is 1.97. The molecule has 3 aromatic carbocycles. The molecule has 0 amide bonds. The van der Waals surface area contributed by atoms with Crippen molar-refractivity contribution in [2.45, 2.75) is 12.8 Å². The summed E-state index contributed by atoms with van der Waals surface area (Å²) in [5.41, 5.74) is 9.18. The van der Waals surface area contributed by atoms with E-state index in [2.05, 4.69) is 11.1 Å². The molecule has 3 N–H and O–H groups in total. The lowest BCUT2D eigenvalue weighted by atomic mass is 9.82. The first kappa shape index (κ1) is 17.1. The number of rotatable bonds is 1. The summed E-state index contributed by atoms with van der Waals surface area (Å²) in [5, 5.41) is 12.6. The highest BCUT2D eigenvalue weighted by molar-refractivity contribution is 5.91. The number of aromatic nitrogens is 1. The molecule has 4 aromatic rings. The molecule has 0 radical (unpaired) electrons. The van der Waals surface area contributed by atoms with E-state index in [1.54, 1.807) is 0 Å². The van der Waals surface area contributed by atoms with Crippen molar-refractivity contribution in [3.8, 4) is 11.8 Å². The van der Waals surface area contributed by atoms with Crippen LogP contribution in [0.1, 0.15) is 22.6 Å². The average Bonchev–Trinajstić information content (AvgIpc) is 2.72. The molecule has 5 heteroatoms. The number of hydrogen-bond acceptors (Lipinski definition) is 4. The summed E-state index contributed by atoms with van der Waals surface area (Å²) in [5.74, 6) is 0.0283. The molecule has 1 aliphatic heterocycles. The number of nitrogens with two attached hydrogens (primary N) is 1. The lowest BCUT2D eigenvalue weighted by Crippen LogP contribution is -2.25. The molecule has 0 saturated carbocycles. The Morgan fingerprint density at radius 3 is 2.66 bits per heavy atom. The molecule has 1 atom stereocenters. The van der Waals surface area contributed by atoms with Gasteiger partial charge in [-0.2, -0.15) is 5.26 Å². The minimum Gasteiger partial charge on any atom is -0.440 e. The Labute approximate surface area is 166 Å². The number of pyridine rings is 1. The number of aryl methyl sites for hydroxylation is 1. The van der Waals surface area contributed by atoms with Gasteiger partial charge in [0.15, 0.2) is 0 Å². The van der Waals surface area contributed by atoms with Crippen LogP contribution in [0.2, 0.25) is 0 Å². The number of ether oxygens (including phenoxy) is 1. The van der Waals surface area contributed by atoms with Crippen molar-refractivity contribution in [3.05, 3.63) is 99.2 Å². The fraction of sp³-hybridized carbons (Fsp3) is 0.0833. The van der Waals surface area contributed by atoms with Gasteiger partial charge in [-0.05, 0) is 35.4 Å². The van der Waals surface area contributed by atoms with Crippen molar-refractivity contribution in [2.24, 2.45) is 5.73 Å². The predicted octanol–water partition coefficient (Wildman–Crippen LogP) is 4.21. The Morgan fingerprint density at radius 1 is 1.03 bits per heavy atom. The van der Waals surface area contributed by atoms with Crippen LogP contribution in [-0.2, 0) is 0 Å². The molecule has 0 unspecified atom stereocenters. The first-order chi connectivity index (χ1) is 14.1. The zero-order valence-electron chi connectivity index (χ0n) is 15.7. The van der Waals surface area contributed by atoms with Crippen LogP contribution in [0.4, 0.5) is 0 Å². The SMILES string of the molecule is Cc1ccc2cc([C@@H]3C(C#N)=C(N)Oc4c3ccc3ccccc43)c(=O)[nH]c2c1. The Hall–Kier alpha value is -4.04. The van der Waals surface area contributed by atoms with E-state index in [1.807, 2.05) is 67.6 Å². The first-order valence-corrected chi connectivity index (χ1v) is 9.29. The van der Waals surface area contributed by atoms with Crippen LogP contribution in [0.25, 0.3) is 21.7 Å². The fourth-order valence-electron chi connectivity index (χ4n) is 4.05. The summed E-state index contributed by atoms with van der Waals surface area (Å²) in [6, 6.07) is 21.6. The molecular weight excluding hydrogens is 362 g/mol. The molecule has 29 heavy (non-hydrogen) atoms. The second-order valence-electron chi connectivity index (χ2n) is 7.27. The maximum atomic E-state index is 13.0. The van der Waals surface area contributed by atoms with Gasteiger partial charge in [0.2, 0.25) is 5.88 Å². The number of H-pyrrole nitrogens is 1. The highest BCUT2D eigenvalue weighted by Gasteiger charge is 2.33. The van der Waals surface area contributed by atoms with Crippen molar-refractivity contribution in [1.82, 2.24) is 4.98 Å². The molecule has 2 heterocycles. The Kier molecular flexibility index (Phi) is 3.68. The normalized spacial score (nSPS) is 15.8. The maximum absolute atomic E-state index is 13.0. The summed E-state index contributed by atoms with van der Waals surface area (Å²) >= 11 is 0. The van der Waals surface area contributed by atoms with Crippen LogP contribution in [0, 0.1) is 18.3 Å². The number of fused-ring (bicyclic) bond motifs is 4. The third-order valence-corrected chi connectivity index (χ3v) is 5.45. The van der Waals surface area contributed by atoms with Gasteiger partial charge in [-0.15, -0.1) is 0 Å². The number of nitrogens with one attached hydrogen (secondary N) is 1. The van der Waals surface area contributed by atoms with Crippen molar-refractivity contribution < 1.29 is 4.74 Å². The van der Waals surface area contributed by atoms with Crippen molar-refractivity contribution in [3.63, 3.8) is 0 Å². The van der Waals surface area contributed by atoms with E-state index in [0.717, 1.165) is 32.8 Å². The van der Waals surface area contributed by atoms with Crippen molar-refractivity contribution in [1.29, 1.82) is 5.26 Å². The third kappa shape index (κ3) is 2.58. The summed E-state index contributed by atoms with van der Waals surface area (Å²) < 4.78 is 5.87. The van der Waals surface area contributed by atoms with Crippen LogP contribution >= 0.6 is 0 Å². The van der Waals surface area contributed by atoms with Gasteiger partial charge in [0.25, 0.3) is 5.56 Å². The van der Waals surface area contributed by atoms with Crippen molar-refractivity contribution >= 4 is 21.7 Å². The van der Waals surface area contributed by atoms with E-state index in [9.17, 15) is 10.1 Å². The van der Waals surface area contributed by atoms with Crippen LogP contribution in [0.5, 0.6) is 5.75 Å². The number of nitriles is 1. The van der Waals surface area contributed by atoms with E-state index < -0.39 is 5.92 Å². The lowest BCUT2D eigenvalue weighted by molar-refractivity contribution is 0.398. The molecule has 0 bridgehead atoms. The average molecular weight is 379 g/mol. The number of hydrogen-bond donors (Lipinski definition) is 2. The third-order valence-electron chi connectivity index (χ3n) is 5.45. The minimum absolute atomic E-state index is 0.0322. The monoisotopic (exact) mass is 379 g/mol. The topological polar surface area (TPSA) is 91.9 Å². The predicted molar refractivity (Wildman–Crippen MR) is 113 cm³/mol. The quantitative estimate of drug-likeness (QED) is 0.518. The van der Waals surface area contributed by atoms with E-state index >= 15 is 0 Å². The lowest BCUT2D eigenvalue weighted by Gasteiger charge is -2.27. The first-order valence-electron chi connectivity index (χ1n) is 9.29. The summed E-state index contributed by atoms with van der Waals surface area (Å²) in [6.07, 6.45) is 0. The number of benzene rings is 3. The molecule has 0 spiro atoms. The number of nitrogens with zero attached hydrogens (tertiary/aromatic N) is 1. The fourth-order valence-corrected chi connectivity index (χ4v) is 4.05. The van der Waals surface area contributed by atoms with Crippen LogP contribution in [0.3, 0.4) is 0 Å². The summed E-state index contributed by atoms with van der Waals surface area (Å²) in [7, 11) is 0. The second-order valence-corrected chi connectivity index (χ2v) is 7.27. The van der Waals surface area contributed by atoms with Gasteiger partial charge in [-0.3, -0.25) is 4.79 Å².